The number of carboxylic acid groups (broad SMARTS) is 1. The van der Waals surface area contributed by atoms with Gasteiger partial charge in [-0.15, -0.1) is 0 Å². The second-order valence-corrected chi connectivity index (χ2v) is 8.16. The molecule has 1 spiro atoms. The minimum absolute atomic E-state index is 0.0703. The average molecular weight is 367 g/mol. The molecule has 3 N–H and O–H groups in total. The number of hydrogen-bond donors (Lipinski definition) is 3. The molecule has 0 bridgehead atoms. The van der Waals surface area contributed by atoms with Gasteiger partial charge >= 0.3 is 12.0 Å². The van der Waals surface area contributed by atoms with Gasteiger partial charge in [-0.3, -0.25) is 9.69 Å². The van der Waals surface area contributed by atoms with Crippen molar-refractivity contribution < 1.29 is 19.4 Å². The van der Waals surface area contributed by atoms with Crippen molar-refractivity contribution >= 4 is 12.0 Å². The molecule has 148 valence electrons. The molecule has 3 fully saturated rings. The van der Waals surface area contributed by atoms with Crippen LogP contribution < -0.4 is 10.6 Å². The average Bonchev–Trinajstić information content (AvgIpc) is 2.97. The number of carbonyl (C=O) groups is 2. The molecular weight excluding hydrogens is 334 g/mol. The Bertz CT molecular complexity index is 501. The van der Waals surface area contributed by atoms with Crippen molar-refractivity contribution in [1.82, 2.24) is 15.5 Å². The molecule has 7 nitrogen and oxygen atoms in total. The highest BCUT2D eigenvalue weighted by molar-refractivity contribution is 5.74. The maximum atomic E-state index is 12.1. The molecule has 3 aliphatic rings. The van der Waals surface area contributed by atoms with Gasteiger partial charge in [0.2, 0.25) is 0 Å². The van der Waals surface area contributed by atoms with Gasteiger partial charge < -0.3 is 20.5 Å². The standard InChI is InChI=1S/C19H33N3O4/c1-2-22(13-17(23)24)15-10-14(11-15)21-18(25)20-12-16-6-9-19(26-16)7-4-3-5-8-19/h14-16H,2-13H2,1H3,(H,23,24)(H2,20,21,25). The lowest BCUT2D eigenvalue weighted by atomic mass is 9.83. The number of urea groups is 1. The van der Waals surface area contributed by atoms with E-state index < -0.39 is 5.97 Å². The number of carbonyl (C=O) groups excluding carboxylic acids is 1. The molecule has 0 radical (unpaired) electrons. The van der Waals surface area contributed by atoms with Gasteiger partial charge in [-0.2, -0.15) is 0 Å². The molecular formula is C19H33N3O4. The van der Waals surface area contributed by atoms with Crippen LogP contribution in [-0.2, 0) is 9.53 Å². The molecule has 7 heteroatoms. The largest absolute Gasteiger partial charge is 0.480 e. The summed E-state index contributed by atoms with van der Waals surface area (Å²) in [5, 5.41) is 14.9. The normalized spacial score (nSPS) is 30.2. The summed E-state index contributed by atoms with van der Waals surface area (Å²) >= 11 is 0. The van der Waals surface area contributed by atoms with Gasteiger partial charge in [0.1, 0.15) is 0 Å². The van der Waals surface area contributed by atoms with Crippen LogP contribution in [0.3, 0.4) is 0 Å². The van der Waals surface area contributed by atoms with E-state index in [4.69, 9.17) is 9.84 Å². The molecule has 1 heterocycles. The molecule has 1 saturated heterocycles. The topological polar surface area (TPSA) is 90.9 Å². The Labute approximate surface area is 155 Å². The minimum atomic E-state index is -0.798. The third-order valence-electron chi connectivity index (χ3n) is 6.30. The highest BCUT2D eigenvalue weighted by atomic mass is 16.5. The summed E-state index contributed by atoms with van der Waals surface area (Å²) in [6.45, 7) is 3.33. The number of carboxylic acids is 1. The maximum Gasteiger partial charge on any atom is 0.317 e. The van der Waals surface area contributed by atoms with Crippen LogP contribution in [0.4, 0.5) is 4.79 Å². The molecule has 26 heavy (non-hydrogen) atoms. The molecule has 2 saturated carbocycles. The van der Waals surface area contributed by atoms with Crippen LogP contribution in [0.2, 0.25) is 0 Å². The van der Waals surface area contributed by atoms with Gasteiger partial charge in [0.05, 0.1) is 18.2 Å². The van der Waals surface area contributed by atoms with Crippen LogP contribution in [0.15, 0.2) is 0 Å². The van der Waals surface area contributed by atoms with Crippen LogP contribution in [0, 0.1) is 0 Å². The second-order valence-electron chi connectivity index (χ2n) is 8.16. The minimum Gasteiger partial charge on any atom is -0.480 e. The van der Waals surface area contributed by atoms with Crippen molar-refractivity contribution in [2.75, 3.05) is 19.6 Å². The summed E-state index contributed by atoms with van der Waals surface area (Å²) in [5.41, 5.74) is 0.0933. The summed E-state index contributed by atoms with van der Waals surface area (Å²) in [4.78, 5) is 24.9. The summed E-state index contributed by atoms with van der Waals surface area (Å²) in [5.74, 6) is -0.798. The number of amides is 2. The number of nitrogens with zero attached hydrogens (tertiary/aromatic N) is 1. The SMILES string of the molecule is CCN(CC(=O)O)C1CC(NC(=O)NCC2CCC3(CCCCC3)O2)C1. The van der Waals surface area contributed by atoms with Gasteiger partial charge in [-0.1, -0.05) is 26.2 Å². The van der Waals surface area contributed by atoms with Gasteiger partial charge in [0.15, 0.2) is 0 Å². The molecule has 0 aromatic rings. The summed E-state index contributed by atoms with van der Waals surface area (Å²) in [6, 6.07) is 0.255. The van der Waals surface area contributed by atoms with E-state index in [9.17, 15) is 9.59 Å². The van der Waals surface area contributed by atoms with Gasteiger partial charge in [-0.05, 0) is 45.1 Å². The fourth-order valence-corrected chi connectivity index (χ4v) is 4.72. The molecule has 0 aromatic heterocycles. The zero-order valence-corrected chi connectivity index (χ0v) is 15.8. The summed E-state index contributed by atoms with van der Waals surface area (Å²) < 4.78 is 6.28. The Kier molecular flexibility index (Phi) is 6.40. The van der Waals surface area contributed by atoms with Crippen molar-refractivity contribution in [3.8, 4) is 0 Å². The van der Waals surface area contributed by atoms with Gasteiger partial charge in [-0.25, -0.2) is 4.79 Å². The zero-order valence-electron chi connectivity index (χ0n) is 15.8. The number of nitrogens with one attached hydrogen (secondary N) is 2. The van der Waals surface area contributed by atoms with Crippen molar-refractivity contribution in [2.24, 2.45) is 0 Å². The molecule has 1 unspecified atom stereocenters. The first-order valence-electron chi connectivity index (χ1n) is 10.2. The molecule has 1 atom stereocenters. The van der Waals surface area contributed by atoms with Crippen LogP contribution in [0.25, 0.3) is 0 Å². The first-order valence-corrected chi connectivity index (χ1v) is 10.2. The van der Waals surface area contributed by atoms with Crippen molar-refractivity contribution in [3.63, 3.8) is 0 Å². The van der Waals surface area contributed by atoms with Gasteiger partial charge in [0.25, 0.3) is 0 Å². The fraction of sp³-hybridized carbons (Fsp3) is 0.895. The monoisotopic (exact) mass is 367 g/mol. The van der Waals surface area contributed by atoms with Crippen molar-refractivity contribution in [3.05, 3.63) is 0 Å². The van der Waals surface area contributed by atoms with E-state index in [0.717, 1.165) is 32.2 Å². The lowest BCUT2D eigenvalue weighted by molar-refractivity contribution is -0.139. The second kappa shape index (κ2) is 8.57. The molecule has 1 aliphatic heterocycles. The summed E-state index contributed by atoms with van der Waals surface area (Å²) in [7, 11) is 0. The number of ether oxygens (including phenoxy) is 1. The molecule has 2 amide bonds. The Morgan fingerprint density at radius 2 is 1.92 bits per heavy atom. The Morgan fingerprint density at radius 3 is 2.58 bits per heavy atom. The third kappa shape index (κ3) is 4.88. The van der Waals surface area contributed by atoms with Crippen molar-refractivity contribution in [1.29, 1.82) is 0 Å². The first kappa shape index (κ1) is 19.4. The smallest absolute Gasteiger partial charge is 0.317 e. The van der Waals surface area contributed by atoms with E-state index in [1.807, 2.05) is 11.8 Å². The quantitative estimate of drug-likeness (QED) is 0.641. The van der Waals surface area contributed by atoms with Crippen LogP contribution in [-0.4, -0.2) is 65.4 Å². The highest BCUT2D eigenvalue weighted by Gasteiger charge is 2.41. The molecule has 3 rings (SSSR count). The Morgan fingerprint density at radius 1 is 1.19 bits per heavy atom. The number of aliphatic carboxylic acids is 1. The van der Waals surface area contributed by atoms with E-state index in [1.165, 1.54) is 32.1 Å². The fourth-order valence-electron chi connectivity index (χ4n) is 4.72. The van der Waals surface area contributed by atoms with Gasteiger partial charge in [0, 0.05) is 18.6 Å². The lowest BCUT2D eigenvalue weighted by Crippen LogP contribution is -2.56. The highest BCUT2D eigenvalue weighted by Crippen LogP contribution is 2.41. The Balaban J connectivity index is 1.31. The van der Waals surface area contributed by atoms with Crippen LogP contribution in [0.1, 0.15) is 64.7 Å². The molecule has 0 aromatic carbocycles. The predicted octanol–water partition coefficient (Wildman–Crippen LogP) is 2.10. The number of rotatable bonds is 7. The maximum absolute atomic E-state index is 12.1. The van der Waals surface area contributed by atoms with E-state index in [2.05, 4.69) is 10.6 Å². The lowest BCUT2D eigenvalue weighted by Gasteiger charge is -2.42. The zero-order chi connectivity index (χ0) is 18.6. The van der Waals surface area contributed by atoms with E-state index in [1.54, 1.807) is 0 Å². The molecule has 2 aliphatic carbocycles. The van der Waals surface area contributed by atoms with Crippen molar-refractivity contribution in [2.45, 2.75) is 88.5 Å². The third-order valence-corrected chi connectivity index (χ3v) is 6.30. The number of likely N-dealkylation sites (N-methyl/N-ethyl adjacent to an activating group) is 1. The Hall–Kier alpha value is -1.34. The van der Waals surface area contributed by atoms with Crippen LogP contribution in [0.5, 0.6) is 0 Å². The van der Waals surface area contributed by atoms with E-state index in [-0.39, 0.29) is 36.4 Å². The van der Waals surface area contributed by atoms with Crippen LogP contribution >= 0.6 is 0 Å². The first-order chi connectivity index (χ1) is 12.5. The number of hydrogen-bond acceptors (Lipinski definition) is 4. The van der Waals surface area contributed by atoms with E-state index in [0.29, 0.717) is 6.54 Å². The predicted molar refractivity (Wildman–Crippen MR) is 98.2 cm³/mol. The summed E-state index contributed by atoms with van der Waals surface area (Å²) in [6.07, 6.45) is 10.1. The van der Waals surface area contributed by atoms with E-state index >= 15 is 0 Å².